The topological polar surface area (TPSA) is 106 Å². The van der Waals surface area contributed by atoms with Gasteiger partial charge >= 0.3 is 5.97 Å². The third kappa shape index (κ3) is 6.40. The largest absolute Gasteiger partial charge is 0.466 e. The Hall–Kier alpha value is -3.27. The molecule has 0 aliphatic carbocycles. The summed E-state index contributed by atoms with van der Waals surface area (Å²) in [5.41, 5.74) is 3.91. The molecule has 1 aromatic rings. The molecule has 186 valence electrons. The van der Waals surface area contributed by atoms with Crippen LogP contribution >= 0.6 is 0 Å². The van der Waals surface area contributed by atoms with Crippen LogP contribution < -0.4 is 20.6 Å². The number of piperazine rings is 1. The number of rotatable bonds is 11. The Morgan fingerprint density at radius 2 is 1.82 bits per heavy atom. The fraction of sp³-hybridized carbons (Fsp3) is 0.542. The van der Waals surface area contributed by atoms with Crippen molar-refractivity contribution in [2.24, 2.45) is 5.92 Å². The molecule has 2 fully saturated rings. The first-order valence-electron chi connectivity index (χ1n) is 11.9. The molecule has 3 N–H and O–H groups in total. The number of ether oxygens (including phenoxy) is 1. The zero-order chi connectivity index (χ0) is 24.3. The Kier molecular flexibility index (Phi) is 9.57. The highest BCUT2D eigenvalue weighted by molar-refractivity contribution is 5.78. The third-order valence-corrected chi connectivity index (χ3v) is 6.21. The van der Waals surface area contributed by atoms with Gasteiger partial charge in [0.2, 0.25) is 0 Å². The van der Waals surface area contributed by atoms with Crippen molar-refractivity contribution in [3.8, 4) is 0 Å². The summed E-state index contributed by atoms with van der Waals surface area (Å²) in [6.07, 6.45) is 9.52. The Labute approximate surface area is 201 Å². The molecule has 2 saturated heterocycles. The van der Waals surface area contributed by atoms with E-state index in [0.717, 1.165) is 44.8 Å². The molecule has 0 spiro atoms. The highest BCUT2D eigenvalue weighted by atomic mass is 16.5. The molecular formula is C24H37N7O3. The first-order valence-corrected chi connectivity index (χ1v) is 11.9. The lowest BCUT2D eigenvalue weighted by Gasteiger charge is -2.38. The summed E-state index contributed by atoms with van der Waals surface area (Å²) in [5.74, 6) is 1.11. The summed E-state index contributed by atoms with van der Waals surface area (Å²) in [5, 5.41) is 13.1. The normalized spacial score (nSPS) is 17.1. The van der Waals surface area contributed by atoms with E-state index in [9.17, 15) is 10.0 Å². The van der Waals surface area contributed by atoms with E-state index in [1.54, 1.807) is 0 Å². The second kappa shape index (κ2) is 12.8. The van der Waals surface area contributed by atoms with Crippen LogP contribution in [0.2, 0.25) is 0 Å². The number of aromatic nitrogens is 2. The number of nitrogens with one attached hydrogen (secondary N) is 2. The molecule has 0 bridgehead atoms. The van der Waals surface area contributed by atoms with Gasteiger partial charge in [-0.05, 0) is 26.0 Å². The van der Waals surface area contributed by atoms with Crippen LogP contribution in [-0.4, -0.2) is 78.5 Å². The van der Waals surface area contributed by atoms with Crippen LogP contribution in [0.5, 0.6) is 0 Å². The van der Waals surface area contributed by atoms with Gasteiger partial charge in [-0.25, -0.2) is 9.97 Å². The van der Waals surface area contributed by atoms with Crippen molar-refractivity contribution in [2.45, 2.75) is 26.2 Å². The van der Waals surface area contributed by atoms with Gasteiger partial charge in [-0.1, -0.05) is 18.7 Å². The lowest BCUT2D eigenvalue weighted by atomic mass is 9.97. The lowest BCUT2D eigenvalue weighted by Crippen LogP contribution is -2.46. The van der Waals surface area contributed by atoms with Crippen LogP contribution in [0, 0.1) is 5.92 Å². The molecule has 3 heterocycles. The average molecular weight is 472 g/mol. The van der Waals surface area contributed by atoms with E-state index >= 15 is 0 Å². The van der Waals surface area contributed by atoms with Gasteiger partial charge < -0.3 is 24.8 Å². The maximum absolute atomic E-state index is 12.1. The van der Waals surface area contributed by atoms with E-state index in [4.69, 9.17) is 4.74 Å². The molecular weight excluding hydrogens is 434 g/mol. The Morgan fingerprint density at radius 1 is 1.18 bits per heavy atom. The number of allylic oxidation sites excluding steroid dienone is 1. The maximum Gasteiger partial charge on any atom is 0.309 e. The van der Waals surface area contributed by atoms with E-state index in [0.29, 0.717) is 49.9 Å². The van der Waals surface area contributed by atoms with Crippen LogP contribution in [0.25, 0.3) is 0 Å². The minimum Gasteiger partial charge on any atom is -0.466 e. The van der Waals surface area contributed by atoms with Gasteiger partial charge in [-0.3, -0.25) is 15.5 Å². The maximum atomic E-state index is 12.1. The zero-order valence-corrected chi connectivity index (χ0v) is 20.1. The minimum atomic E-state index is -0.131. The number of hydrogen-bond acceptors (Lipinski definition) is 10. The molecule has 0 aromatic carbocycles. The van der Waals surface area contributed by atoms with Gasteiger partial charge in [0, 0.05) is 57.9 Å². The van der Waals surface area contributed by atoms with E-state index in [-0.39, 0.29) is 11.9 Å². The number of anilines is 3. The predicted molar refractivity (Wildman–Crippen MR) is 134 cm³/mol. The number of piperidine rings is 1. The molecule has 0 atom stereocenters. The van der Waals surface area contributed by atoms with Crippen molar-refractivity contribution in [2.75, 3.05) is 67.7 Å². The van der Waals surface area contributed by atoms with Crippen LogP contribution in [0.1, 0.15) is 26.2 Å². The summed E-state index contributed by atoms with van der Waals surface area (Å²) in [6.45, 7) is 15.4. The molecule has 1 aromatic heterocycles. The number of esters is 1. The SMILES string of the molecule is C=CCN/C=C\CC(=C)N1CCN(c2ncnc(N3CCC(C(=O)OCC)CC3)c2NO)CC1. The van der Waals surface area contributed by atoms with Crippen molar-refractivity contribution >= 4 is 23.3 Å². The molecule has 10 heteroatoms. The van der Waals surface area contributed by atoms with E-state index in [2.05, 4.69) is 54.7 Å². The van der Waals surface area contributed by atoms with Crippen molar-refractivity contribution in [1.82, 2.24) is 20.2 Å². The number of carbonyl (C=O) groups excluding carboxylic acids is 1. The fourth-order valence-electron chi connectivity index (χ4n) is 4.33. The minimum absolute atomic E-state index is 0.0863. The molecule has 34 heavy (non-hydrogen) atoms. The number of carbonyl (C=O) groups is 1. The molecule has 0 radical (unpaired) electrons. The third-order valence-electron chi connectivity index (χ3n) is 6.21. The highest BCUT2D eigenvalue weighted by Gasteiger charge is 2.30. The molecule has 10 nitrogen and oxygen atoms in total. The summed E-state index contributed by atoms with van der Waals surface area (Å²) in [7, 11) is 0. The summed E-state index contributed by atoms with van der Waals surface area (Å²) < 4.78 is 5.17. The van der Waals surface area contributed by atoms with E-state index < -0.39 is 0 Å². The second-order valence-electron chi connectivity index (χ2n) is 8.36. The summed E-state index contributed by atoms with van der Waals surface area (Å²) in [6, 6.07) is 0. The van der Waals surface area contributed by atoms with E-state index in [1.165, 1.54) is 6.33 Å². The number of nitrogens with zero attached hydrogens (tertiary/aromatic N) is 5. The van der Waals surface area contributed by atoms with Crippen molar-refractivity contribution in [1.29, 1.82) is 0 Å². The molecule has 2 aliphatic heterocycles. The Bertz CT molecular complexity index is 860. The van der Waals surface area contributed by atoms with Crippen LogP contribution in [-0.2, 0) is 9.53 Å². The standard InChI is InChI=1S/C24H37N7O3/c1-4-10-25-11-6-7-19(3)29-14-16-31(17-15-29)23-21(28-33)22(26-18-27-23)30-12-8-20(9-13-30)24(32)34-5-2/h4,6,11,18,20,25,28,33H,1,3,5,7-10,12-17H2,2H3/b11-6-. The molecule has 0 unspecified atom stereocenters. The number of hydrogen-bond donors (Lipinski definition) is 3. The van der Waals surface area contributed by atoms with Crippen LogP contribution in [0.4, 0.5) is 17.3 Å². The molecule has 0 amide bonds. The van der Waals surface area contributed by atoms with Gasteiger partial charge in [-0.15, -0.1) is 6.58 Å². The predicted octanol–water partition coefficient (Wildman–Crippen LogP) is 2.37. The van der Waals surface area contributed by atoms with Gasteiger partial charge in [-0.2, -0.15) is 0 Å². The monoisotopic (exact) mass is 471 g/mol. The molecule has 3 rings (SSSR count). The first-order chi connectivity index (χ1) is 16.6. The molecule has 0 saturated carbocycles. The van der Waals surface area contributed by atoms with Gasteiger partial charge in [0.1, 0.15) is 12.0 Å². The first kappa shape index (κ1) is 25.4. The average Bonchev–Trinajstić information content (AvgIpc) is 2.88. The lowest BCUT2D eigenvalue weighted by molar-refractivity contribution is -0.148. The van der Waals surface area contributed by atoms with Crippen LogP contribution in [0.15, 0.2) is 43.5 Å². The smallest absolute Gasteiger partial charge is 0.309 e. The quantitative estimate of drug-likeness (QED) is 0.193. The van der Waals surface area contributed by atoms with Crippen molar-refractivity contribution < 1.29 is 14.7 Å². The Morgan fingerprint density at radius 3 is 2.41 bits per heavy atom. The van der Waals surface area contributed by atoms with Crippen molar-refractivity contribution in [3.05, 3.63) is 43.5 Å². The fourth-order valence-corrected chi connectivity index (χ4v) is 4.33. The summed E-state index contributed by atoms with van der Waals surface area (Å²) in [4.78, 5) is 27.5. The summed E-state index contributed by atoms with van der Waals surface area (Å²) >= 11 is 0. The van der Waals surface area contributed by atoms with Gasteiger partial charge in [0.15, 0.2) is 11.6 Å². The highest BCUT2D eigenvalue weighted by Crippen LogP contribution is 2.34. The van der Waals surface area contributed by atoms with E-state index in [1.807, 2.05) is 19.2 Å². The van der Waals surface area contributed by atoms with Crippen molar-refractivity contribution in [3.63, 3.8) is 0 Å². The van der Waals surface area contributed by atoms with Crippen LogP contribution in [0.3, 0.4) is 0 Å². The van der Waals surface area contributed by atoms with Gasteiger partial charge in [0.25, 0.3) is 0 Å². The second-order valence-corrected chi connectivity index (χ2v) is 8.36. The van der Waals surface area contributed by atoms with Gasteiger partial charge in [0.05, 0.1) is 12.5 Å². The zero-order valence-electron chi connectivity index (χ0n) is 20.1. The Balaban J connectivity index is 1.59. The molecule has 2 aliphatic rings.